The topological polar surface area (TPSA) is 44.4 Å². The van der Waals surface area contributed by atoms with Crippen molar-refractivity contribution in [2.24, 2.45) is 0 Å². The lowest BCUT2D eigenvalue weighted by Crippen LogP contribution is -2.48. The van der Waals surface area contributed by atoms with Gasteiger partial charge in [0.2, 0.25) is 5.91 Å². The normalized spacial score (nSPS) is 18.8. The van der Waals surface area contributed by atoms with Crippen molar-refractivity contribution in [2.75, 3.05) is 31.5 Å². The number of nitrogens with zero attached hydrogens (tertiary/aromatic N) is 1. The fraction of sp³-hybridized carbons (Fsp3) is 0.562. The molecule has 0 aliphatic carbocycles. The predicted octanol–water partition coefficient (Wildman–Crippen LogP) is 2.77. The van der Waals surface area contributed by atoms with Crippen molar-refractivity contribution in [1.82, 2.24) is 10.2 Å². The molecular formula is C16H24BrN3O. The van der Waals surface area contributed by atoms with Crippen LogP contribution in [0.5, 0.6) is 0 Å². The molecule has 1 atom stereocenters. The zero-order chi connectivity index (χ0) is 15.2. The Morgan fingerprint density at radius 1 is 1.52 bits per heavy atom. The van der Waals surface area contributed by atoms with Gasteiger partial charge in [-0.05, 0) is 66.5 Å². The minimum absolute atomic E-state index is 0.0481. The molecule has 4 nitrogen and oxygen atoms in total. The van der Waals surface area contributed by atoms with E-state index in [1.807, 2.05) is 25.1 Å². The van der Waals surface area contributed by atoms with Crippen LogP contribution in [0.3, 0.4) is 0 Å². The summed E-state index contributed by atoms with van der Waals surface area (Å²) in [5.41, 5.74) is 2.01. The van der Waals surface area contributed by atoms with Crippen molar-refractivity contribution in [3.05, 3.63) is 28.2 Å². The second-order valence-electron chi connectivity index (χ2n) is 5.59. The van der Waals surface area contributed by atoms with E-state index < -0.39 is 0 Å². The summed E-state index contributed by atoms with van der Waals surface area (Å²) in [6, 6.07) is 6.42. The molecule has 0 spiro atoms. The Bertz CT molecular complexity index is 486. The van der Waals surface area contributed by atoms with Crippen LogP contribution in [0.1, 0.15) is 25.3 Å². The van der Waals surface area contributed by atoms with Gasteiger partial charge in [0, 0.05) is 17.1 Å². The molecule has 2 rings (SSSR count). The number of nitrogens with one attached hydrogen (secondary N) is 2. The molecule has 0 aromatic heterocycles. The molecule has 0 saturated carbocycles. The molecule has 1 aliphatic heterocycles. The Morgan fingerprint density at radius 3 is 2.95 bits per heavy atom. The minimum atomic E-state index is 0.0481. The van der Waals surface area contributed by atoms with E-state index in [0.29, 0.717) is 12.6 Å². The maximum Gasteiger partial charge on any atom is 0.238 e. The van der Waals surface area contributed by atoms with Crippen LogP contribution in [0, 0.1) is 6.92 Å². The Morgan fingerprint density at radius 2 is 2.33 bits per heavy atom. The summed E-state index contributed by atoms with van der Waals surface area (Å²) >= 11 is 3.50. The molecule has 116 valence electrons. The summed E-state index contributed by atoms with van der Waals surface area (Å²) in [6.45, 7) is 7.57. The van der Waals surface area contributed by atoms with Crippen molar-refractivity contribution >= 4 is 27.5 Å². The number of rotatable bonds is 5. The molecule has 1 aromatic carbocycles. The number of benzene rings is 1. The van der Waals surface area contributed by atoms with E-state index in [0.717, 1.165) is 29.8 Å². The Kier molecular flexibility index (Phi) is 6.21. The SMILES string of the molecule is CCN(CC(=O)Nc1ccc(C)cc1Br)C1CCCNC1. The number of halogens is 1. The van der Waals surface area contributed by atoms with Gasteiger partial charge in [0.15, 0.2) is 0 Å². The van der Waals surface area contributed by atoms with E-state index in [1.54, 1.807) is 0 Å². The van der Waals surface area contributed by atoms with Crippen LogP contribution < -0.4 is 10.6 Å². The molecule has 1 heterocycles. The van der Waals surface area contributed by atoms with E-state index in [4.69, 9.17) is 0 Å². The zero-order valence-electron chi connectivity index (χ0n) is 12.8. The van der Waals surface area contributed by atoms with Gasteiger partial charge in [0.05, 0.1) is 12.2 Å². The molecule has 1 aliphatic rings. The highest BCUT2D eigenvalue weighted by atomic mass is 79.9. The van der Waals surface area contributed by atoms with Gasteiger partial charge in [0.25, 0.3) is 0 Å². The summed E-state index contributed by atoms with van der Waals surface area (Å²) in [4.78, 5) is 14.5. The third kappa shape index (κ3) is 4.80. The van der Waals surface area contributed by atoms with E-state index in [2.05, 4.69) is 38.4 Å². The molecule has 1 amide bonds. The molecule has 1 unspecified atom stereocenters. The number of hydrogen-bond acceptors (Lipinski definition) is 3. The number of piperidine rings is 1. The highest BCUT2D eigenvalue weighted by Crippen LogP contribution is 2.23. The quantitative estimate of drug-likeness (QED) is 0.855. The highest BCUT2D eigenvalue weighted by Gasteiger charge is 2.21. The first-order chi connectivity index (χ1) is 10.1. The third-order valence-electron chi connectivity index (χ3n) is 3.94. The standard InChI is InChI=1S/C16H24BrN3O/c1-3-20(13-5-4-8-18-10-13)11-16(21)19-15-7-6-12(2)9-14(15)17/h6-7,9,13,18H,3-5,8,10-11H2,1-2H3,(H,19,21). The molecule has 0 bridgehead atoms. The van der Waals surface area contributed by atoms with Gasteiger partial charge >= 0.3 is 0 Å². The first-order valence-electron chi connectivity index (χ1n) is 7.61. The number of carbonyl (C=O) groups excluding carboxylic acids is 1. The average Bonchev–Trinajstić information content (AvgIpc) is 2.48. The second-order valence-corrected chi connectivity index (χ2v) is 6.45. The van der Waals surface area contributed by atoms with Crippen molar-refractivity contribution in [3.8, 4) is 0 Å². The monoisotopic (exact) mass is 353 g/mol. The maximum atomic E-state index is 12.3. The van der Waals surface area contributed by atoms with Crippen LogP contribution in [-0.4, -0.2) is 43.0 Å². The van der Waals surface area contributed by atoms with Crippen LogP contribution >= 0.6 is 15.9 Å². The number of aryl methyl sites for hydroxylation is 1. The van der Waals surface area contributed by atoms with Crippen molar-refractivity contribution in [1.29, 1.82) is 0 Å². The van der Waals surface area contributed by atoms with E-state index in [9.17, 15) is 4.79 Å². The summed E-state index contributed by atoms with van der Waals surface area (Å²) in [6.07, 6.45) is 2.36. The predicted molar refractivity (Wildman–Crippen MR) is 90.6 cm³/mol. The lowest BCUT2D eigenvalue weighted by Gasteiger charge is -2.33. The first-order valence-corrected chi connectivity index (χ1v) is 8.40. The van der Waals surface area contributed by atoms with Crippen LogP contribution in [0.15, 0.2) is 22.7 Å². The fourth-order valence-corrected chi connectivity index (χ4v) is 3.33. The van der Waals surface area contributed by atoms with Gasteiger partial charge in [-0.3, -0.25) is 9.69 Å². The summed E-state index contributed by atoms with van der Waals surface area (Å²) < 4.78 is 0.929. The first kappa shape index (κ1) is 16.5. The van der Waals surface area contributed by atoms with Gasteiger partial charge in [0.1, 0.15) is 0 Å². The van der Waals surface area contributed by atoms with Gasteiger partial charge in [-0.2, -0.15) is 0 Å². The molecule has 1 aromatic rings. The zero-order valence-corrected chi connectivity index (χ0v) is 14.4. The average molecular weight is 354 g/mol. The maximum absolute atomic E-state index is 12.3. The number of hydrogen-bond donors (Lipinski definition) is 2. The van der Waals surface area contributed by atoms with Crippen LogP contribution in [0.25, 0.3) is 0 Å². The smallest absolute Gasteiger partial charge is 0.238 e. The van der Waals surface area contributed by atoms with E-state index in [1.165, 1.54) is 18.4 Å². The van der Waals surface area contributed by atoms with Crippen molar-refractivity contribution in [3.63, 3.8) is 0 Å². The Balaban J connectivity index is 1.92. The van der Waals surface area contributed by atoms with Crippen molar-refractivity contribution < 1.29 is 4.79 Å². The number of amides is 1. The van der Waals surface area contributed by atoms with Gasteiger partial charge in [-0.25, -0.2) is 0 Å². The lowest BCUT2D eigenvalue weighted by atomic mass is 10.1. The largest absolute Gasteiger partial charge is 0.324 e. The van der Waals surface area contributed by atoms with Gasteiger partial charge in [-0.1, -0.05) is 13.0 Å². The van der Waals surface area contributed by atoms with Crippen molar-refractivity contribution in [2.45, 2.75) is 32.7 Å². The number of carbonyl (C=O) groups is 1. The van der Waals surface area contributed by atoms with E-state index in [-0.39, 0.29) is 5.91 Å². The molecule has 1 saturated heterocycles. The molecule has 0 radical (unpaired) electrons. The summed E-state index contributed by atoms with van der Waals surface area (Å²) in [5.74, 6) is 0.0481. The second kappa shape index (κ2) is 7.92. The van der Waals surface area contributed by atoms with Gasteiger partial charge in [-0.15, -0.1) is 0 Å². The van der Waals surface area contributed by atoms with Crippen LogP contribution in [0.2, 0.25) is 0 Å². The summed E-state index contributed by atoms with van der Waals surface area (Å²) in [7, 11) is 0. The molecule has 2 N–H and O–H groups in total. The molecule has 5 heteroatoms. The van der Waals surface area contributed by atoms with Crippen LogP contribution in [0.4, 0.5) is 5.69 Å². The molecule has 21 heavy (non-hydrogen) atoms. The van der Waals surface area contributed by atoms with Crippen LogP contribution in [-0.2, 0) is 4.79 Å². The minimum Gasteiger partial charge on any atom is -0.324 e. The highest BCUT2D eigenvalue weighted by molar-refractivity contribution is 9.10. The Labute approximate surface area is 135 Å². The molecular weight excluding hydrogens is 330 g/mol. The summed E-state index contributed by atoms with van der Waals surface area (Å²) in [5, 5.41) is 6.40. The molecule has 1 fully saturated rings. The van der Waals surface area contributed by atoms with Gasteiger partial charge < -0.3 is 10.6 Å². The lowest BCUT2D eigenvalue weighted by molar-refractivity contribution is -0.117. The Hall–Kier alpha value is -0.910. The van der Waals surface area contributed by atoms with E-state index >= 15 is 0 Å². The number of likely N-dealkylation sites (N-methyl/N-ethyl adjacent to an activating group) is 1. The third-order valence-corrected chi connectivity index (χ3v) is 4.59. The fourth-order valence-electron chi connectivity index (χ4n) is 2.74. The number of anilines is 1.